The van der Waals surface area contributed by atoms with Crippen LogP contribution < -0.4 is 10.1 Å². The average Bonchev–Trinajstić information content (AvgIpc) is 2.95. The van der Waals surface area contributed by atoms with E-state index in [4.69, 9.17) is 37.4 Å². The minimum Gasteiger partial charge on any atom is -0.496 e. The van der Waals surface area contributed by atoms with Gasteiger partial charge in [0.1, 0.15) is 11.2 Å². The lowest BCUT2D eigenvalue weighted by Crippen LogP contribution is -2.61. The first-order valence-electron chi connectivity index (χ1n) is 14.4. The minimum atomic E-state index is -1.30. The largest absolute Gasteiger partial charge is 0.496 e. The Hall–Kier alpha value is -3.07. The summed E-state index contributed by atoms with van der Waals surface area (Å²) < 4.78 is 17.2. The highest BCUT2D eigenvalue weighted by Crippen LogP contribution is 2.52. The van der Waals surface area contributed by atoms with Crippen LogP contribution in [0.3, 0.4) is 0 Å². The fourth-order valence-corrected chi connectivity index (χ4v) is 6.44. The Morgan fingerprint density at radius 2 is 1.84 bits per heavy atom. The summed E-state index contributed by atoms with van der Waals surface area (Å²) >= 11 is 12.7. The van der Waals surface area contributed by atoms with E-state index in [1.807, 2.05) is 58.0 Å². The lowest BCUT2D eigenvalue weighted by Gasteiger charge is -2.53. The maximum Gasteiger partial charge on any atom is 0.320 e. The first kappa shape index (κ1) is 32.8. The summed E-state index contributed by atoms with van der Waals surface area (Å²) in [6.45, 7) is 8.40. The second kappa shape index (κ2) is 13.3. The van der Waals surface area contributed by atoms with Gasteiger partial charge in [-0.2, -0.15) is 0 Å². The predicted molar refractivity (Wildman–Crippen MR) is 166 cm³/mol. The van der Waals surface area contributed by atoms with Gasteiger partial charge in [-0.15, -0.1) is 0 Å². The number of fused-ring (bicyclic) bond motifs is 1. The monoisotopic (exact) mass is 630 g/mol. The molecule has 0 saturated carbocycles. The topological polar surface area (TPSA) is 94.2 Å². The van der Waals surface area contributed by atoms with Gasteiger partial charge in [0, 0.05) is 34.6 Å². The Morgan fingerprint density at radius 1 is 1.12 bits per heavy atom. The van der Waals surface area contributed by atoms with E-state index in [1.54, 1.807) is 30.2 Å². The molecule has 2 aromatic carbocycles. The normalized spacial score (nSPS) is 23.7. The van der Waals surface area contributed by atoms with E-state index < -0.39 is 23.4 Å². The number of piperidine rings is 1. The number of methoxy groups -OCH3 is 2. The van der Waals surface area contributed by atoms with Gasteiger partial charge in [-0.05, 0) is 60.6 Å². The fourth-order valence-electron chi connectivity index (χ4n) is 5.97. The molecule has 43 heavy (non-hydrogen) atoms. The van der Waals surface area contributed by atoms with Crippen LogP contribution in [-0.2, 0) is 36.8 Å². The molecule has 2 aliphatic rings. The molecule has 232 valence electrons. The first-order chi connectivity index (χ1) is 20.3. The van der Waals surface area contributed by atoms with Crippen molar-refractivity contribution in [3.63, 3.8) is 0 Å². The summed E-state index contributed by atoms with van der Waals surface area (Å²) in [4.78, 5) is 42.7. The van der Waals surface area contributed by atoms with Gasteiger partial charge in [-0.3, -0.25) is 14.4 Å². The van der Waals surface area contributed by atoms with E-state index in [2.05, 4.69) is 5.32 Å². The summed E-state index contributed by atoms with van der Waals surface area (Å²) in [5, 5.41) is 3.80. The Bertz CT molecular complexity index is 1400. The molecule has 0 aromatic heterocycles. The molecule has 1 fully saturated rings. The number of ether oxygens (including phenoxy) is 3. The molecule has 2 amide bonds. The molecule has 1 N–H and O–H groups in total. The van der Waals surface area contributed by atoms with Gasteiger partial charge in [0.2, 0.25) is 11.8 Å². The molecule has 0 unspecified atom stereocenters. The highest BCUT2D eigenvalue weighted by Gasteiger charge is 2.60. The molecule has 0 aliphatic carbocycles. The smallest absolute Gasteiger partial charge is 0.320 e. The third-order valence-corrected chi connectivity index (χ3v) is 8.96. The van der Waals surface area contributed by atoms with E-state index >= 15 is 0 Å². The van der Waals surface area contributed by atoms with Crippen molar-refractivity contribution in [3.8, 4) is 5.75 Å². The first-order valence-corrected chi connectivity index (χ1v) is 15.2. The van der Waals surface area contributed by atoms with Crippen molar-refractivity contribution >= 4 is 41.0 Å². The van der Waals surface area contributed by atoms with Crippen LogP contribution in [0.15, 0.2) is 54.2 Å². The van der Waals surface area contributed by atoms with Gasteiger partial charge in [0.05, 0.1) is 33.0 Å². The summed E-state index contributed by atoms with van der Waals surface area (Å²) in [6, 6.07) is 12.7. The Morgan fingerprint density at radius 3 is 2.49 bits per heavy atom. The van der Waals surface area contributed by atoms with Gasteiger partial charge in [-0.1, -0.05) is 68.2 Å². The maximum atomic E-state index is 14.2. The molecule has 0 bridgehead atoms. The number of esters is 1. The Kier molecular flexibility index (Phi) is 10.1. The number of hydrogen-bond donors (Lipinski definition) is 1. The van der Waals surface area contributed by atoms with Crippen LogP contribution in [-0.4, -0.2) is 55.7 Å². The zero-order valence-corrected chi connectivity index (χ0v) is 27.1. The quantitative estimate of drug-likeness (QED) is 0.343. The average molecular weight is 632 g/mol. The molecule has 4 atom stereocenters. The number of carbonyl (C=O) groups is 3. The lowest BCUT2D eigenvalue weighted by atomic mass is 9.65. The molecule has 10 heteroatoms. The predicted octanol–water partition coefficient (Wildman–Crippen LogP) is 5.98. The van der Waals surface area contributed by atoms with Crippen LogP contribution in [0.4, 0.5) is 0 Å². The number of halogens is 2. The van der Waals surface area contributed by atoms with Crippen LogP contribution in [0.25, 0.3) is 0 Å². The molecule has 0 radical (unpaired) electrons. The highest BCUT2D eigenvalue weighted by atomic mass is 35.5. The fraction of sp³-hybridized carbons (Fsp3) is 0.485. The second-order valence-electron chi connectivity index (χ2n) is 12.3. The lowest BCUT2D eigenvalue weighted by molar-refractivity contribution is -0.180. The van der Waals surface area contributed by atoms with Gasteiger partial charge >= 0.3 is 5.97 Å². The van der Waals surface area contributed by atoms with Crippen molar-refractivity contribution in [2.24, 2.45) is 16.7 Å². The maximum absolute atomic E-state index is 14.2. The Labute approximate surface area is 263 Å². The third kappa shape index (κ3) is 6.87. The van der Waals surface area contributed by atoms with Crippen LogP contribution in [0.2, 0.25) is 10.0 Å². The van der Waals surface area contributed by atoms with Crippen LogP contribution in [0.1, 0.15) is 51.7 Å². The molecule has 0 spiro atoms. The Balaban J connectivity index is 1.67. The molecule has 1 saturated heterocycles. The number of carbonyl (C=O) groups excluding carboxylic acids is 3. The number of para-hydroxylation sites is 1. The van der Waals surface area contributed by atoms with Crippen molar-refractivity contribution in [2.75, 3.05) is 20.8 Å². The molecular formula is C33H40Cl2N2O6. The number of amides is 2. The van der Waals surface area contributed by atoms with Gasteiger partial charge in [-0.25, -0.2) is 0 Å². The number of hydrogen-bond acceptors (Lipinski definition) is 6. The molecule has 2 aromatic rings. The van der Waals surface area contributed by atoms with E-state index in [9.17, 15) is 14.4 Å². The van der Waals surface area contributed by atoms with Gasteiger partial charge in [0.25, 0.3) is 0 Å². The number of nitrogens with one attached hydrogen (secondary N) is 1. The van der Waals surface area contributed by atoms with Crippen LogP contribution >= 0.6 is 23.2 Å². The molecule has 2 aliphatic heterocycles. The highest BCUT2D eigenvalue weighted by molar-refractivity contribution is 6.35. The second-order valence-corrected chi connectivity index (χ2v) is 13.1. The van der Waals surface area contributed by atoms with Gasteiger partial charge < -0.3 is 24.4 Å². The van der Waals surface area contributed by atoms with Crippen LogP contribution in [0, 0.1) is 16.7 Å². The standard InChI is InChI=1S/C33H40Cl2N2O6/c1-20-33(31(40)42-6)18-23(15-29(38)36-14-13-21-9-7-8-10-26(21)41-5)30(39)37(19-22-11-12-24(34)16-25(22)35)27(33)17-28(43-20)32(2,3)4/h7-12,16-17,20,23,28H,13-15,18-19H2,1-6H3,(H,36,38)/t20-,23+,28-,33+/m1/s1. The minimum absolute atomic E-state index is 0.0765. The zero-order valence-electron chi connectivity index (χ0n) is 25.5. The van der Waals surface area contributed by atoms with Crippen molar-refractivity contribution in [2.45, 2.75) is 65.7 Å². The van der Waals surface area contributed by atoms with Crippen molar-refractivity contribution in [3.05, 3.63) is 75.4 Å². The summed E-state index contributed by atoms with van der Waals surface area (Å²) in [6.07, 6.45) is 1.40. The van der Waals surface area contributed by atoms with Gasteiger partial charge in [0.15, 0.2) is 0 Å². The number of rotatable bonds is 9. The summed E-state index contributed by atoms with van der Waals surface area (Å²) in [5.41, 5.74) is 0.528. The van der Waals surface area contributed by atoms with Crippen molar-refractivity contribution in [1.82, 2.24) is 10.2 Å². The van der Waals surface area contributed by atoms with Crippen LogP contribution in [0.5, 0.6) is 5.75 Å². The van der Waals surface area contributed by atoms with Crippen molar-refractivity contribution < 1.29 is 28.6 Å². The summed E-state index contributed by atoms with van der Waals surface area (Å²) in [7, 11) is 2.93. The van der Waals surface area contributed by atoms with E-state index in [-0.39, 0.29) is 42.7 Å². The number of nitrogens with zero attached hydrogens (tertiary/aromatic N) is 1. The molecule has 2 heterocycles. The number of benzene rings is 2. The molecular weight excluding hydrogens is 591 g/mol. The summed E-state index contributed by atoms with van der Waals surface area (Å²) in [5.74, 6) is -1.12. The molecule has 4 rings (SSSR count). The van der Waals surface area contributed by atoms with E-state index in [0.717, 1.165) is 11.3 Å². The van der Waals surface area contributed by atoms with E-state index in [0.29, 0.717) is 34.3 Å². The van der Waals surface area contributed by atoms with E-state index in [1.165, 1.54) is 7.11 Å². The third-order valence-electron chi connectivity index (χ3n) is 8.37. The van der Waals surface area contributed by atoms with Crippen molar-refractivity contribution in [1.29, 1.82) is 0 Å². The molecule has 8 nitrogen and oxygen atoms in total. The SMILES string of the molecule is COC(=O)[C@]12C[C@H](CC(=O)NCCc3ccccc3OC)C(=O)N(Cc3ccc(Cl)cc3Cl)C1=C[C@H](C(C)(C)C)O[C@@H]2C. The number of likely N-dealkylation sites (tertiary alicyclic amines) is 1. The zero-order chi connectivity index (χ0) is 31.5.